The summed E-state index contributed by atoms with van der Waals surface area (Å²) in [4.78, 5) is 12.4. The summed E-state index contributed by atoms with van der Waals surface area (Å²) in [5.41, 5.74) is 1.46. The number of amides is 1. The van der Waals surface area contributed by atoms with Gasteiger partial charge in [0.15, 0.2) is 0 Å². The largest absolute Gasteiger partial charge is 0.322 e. The third-order valence-electron chi connectivity index (χ3n) is 4.58. The minimum absolute atomic E-state index is 0.0870. The molecule has 3 N–H and O–H groups in total. The first kappa shape index (κ1) is 20.3. The predicted octanol–water partition coefficient (Wildman–Crippen LogP) is 1.83. The molecule has 1 heterocycles. The summed E-state index contributed by atoms with van der Waals surface area (Å²) in [5.74, 6) is -0.404. The first-order valence-corrected chi connectivity index (χ1v) is 10.3. The van der Waals surface area contributed by atoms with Crippen molar-refractivity contribution in [1.82, 2.24) is 9.88 Å². The van der Waals surface area contributed by atoms with Gasteiger partial charge in [-0.1, -0.05) is 30.4 Å². The molecular weight excluding hydrogens is 390 g/mol. The lowest BCUT2D eigenvalue weighted by atomic mass is 10.1. The van der Waals surface area contributed by atoms with Gasteiger partial charge >= 0.3 is 0 Å². The van der Waals surface area contributed by atoms with Crippen LogP contribution >= 0.6 is 0 Å². The molecule has 1 unspecified atom stereocenters. The molecule has 150 valence electrons. The number of sulfonamides is 1. The van der Waals surface area contributed by atoms with E-state index in [1.165, 1.54) is 34.2 Å². The lowest BCUT2D eigenvalue weighted by molar-refractivity contribution is 0.0966. The van der Waals surface area contributed by atoms with Crippen LogP contribution in [-0.4, -0.2) is 37.5 Å². The van der Waals surface area contributed by atoms with E-state index < -0.39 is 21.2 Å². The van der Waals surface area contributed by atoms with Gasteiger partial charge in [-0.2, -0.15) is 0 Å². The Balaban J connectivity index is 1.69. The van der Waals surface area contributed by atoms with Gasteiger partial charge in [0, 0.05) is 18.9 Å². The fourth-order valence-corrected chi connectivity index (χ4v) is 4.30. The van der Waals surface area contributed by atoms with Crippen molar-refractivity contribution in [3.63, 3.8) is 0 Å². The van der Waals surface area contributed by atoms with Gasteiger partial charge in [-0.05, 0) is 36.8 Å². The van der Waals surface area contributed by atoms with Gasteiger partial charge in [0.1, 0.15) is 10.7 Å². The van der Waals surface area contributed by atoms with E-state index in [1.807, 2.05) is 6.07 Å². The quantitative estimate of drug-likeness (QED) is 0.497. The third kappa shape index (κ3) is 4.35. The van der Waals surface area contributed by atoms with E-state index in [2.05, 4.69) is 5.32 Å². The Labute approximate surface area is 168 Å². The van der Waals surface area contributed by atoms with E-state index in [1.54, 1.807) is 42.5 Å². The second-order valence-electron chi connectivity index (χ2n) is 6.43. The summed E-state index contributed by atoms with van der Waals surface area (Å²) in [5, 5.41) is 16.9. The lowest BCUT2D eigenvalue weighted by Crippen LogP contribution is -2.36. The molecule has 0 radical (unpaired) electrons. The minimum Gasteiger partial charge on any atom is -0.322 e. The monoisotopic (exact) mass is 411 g/mol. The summed E-state index contributed by atoms with van der Waals surface area (Å²) in [6.45, 7) is 0. The Morgan fingerprint density at radius 2 is 1.97 bits per heavy atom. The first-order valence-electron chi connectivity index (χ1n) is 8.83. The predicted molar refractivity (Wildman–Crippen MR) is 111 cm³/mol. The number of para-hydroxylation sites is 1. The molecule has 1 aromatic carbocycles. The van der Waals surface area contributed by atoms with Gasteiger partial charge < -0.3 is 5.32 Å². The van der Waals surface area contributed by atoms with Crippen molar-refractivity contribution in [2.45, 2.75) is 11.7 Å². The van der Waals surface area contributed by atoms with Crippen LogP contribution in [0.1, 0.15) is 16.8 Å². The maximum absolute atomic E-state index is 12.9. The van der Waals surface area contributed by atoms with Crippen LogP contribution in [0, 0.1) is 10.8 Å². The van der Waals surface area contributed by atoms with E-state index in [4.69, 9.17) is 10.8 Å². The normalized spacial score (nSPS) is 16.0. The average molecular weight is 411 g/mol. The summed E-state index contributed by atoms with van der Waals surface area (Å²) in [6, 6.07) is 11.8. The maximum atomic E-state index is 12.9. The number of anilines is 1. The number of pyridine rings is 1. The number of nitrogens with zero attached hydrogens (tertiary/aromatic N) is 2. The standard InChI is InChI=1S/C20H21N5O3S/c1-24(17-5-3-2-4-6-17)29(27,28)18-10-8-16(9-11-18)23-20(26)15-7-12-19(22)25(13-15)14-21/h2-10,12-14,18,21-22H,11H2,1H3,(H,23,26). The van der Waals surface area contributed by atoms with Gasteiger partial charge in [-0.25, -0.2) is 8.42 Å². The zero-order valence-corrected chi connectivity index (χ0v) is 16.6. The van der Waals surface area contributed by atoms with Crippen LogP contribution in [0.2, 0.25) is 0 Å². The number of nitrogens with one attached hydrogen (secondary N) is 3. The van der Waals surface area contributed by atoms with Crippen molar-refractivity contribution in [3.05, 3.63) is 83.6 Å². The van der Waals surface area contributed by atoms with E-state index >= 15 is 0 Å². The Hall–Kier alpha value is -3.46. The zero-order valence-electron chi connectivity index (χ0n) is 15.7. The molecule has 0 saturated heterocycles. The van der Waals surface area contributed by atoms with Crippen molar-refractivity contribution in [2.24, 2.45) is 0 Å². The Kier molecular flexibility index (Phi) is 5.79. The van der Waals surface area contributed by atoms with E-state index in [-0.39, 0.29) is 17.5 Å². The van der Waals surface area contributed by atoms with Crippen LogP contribution in [0.25, 0.3) is 0 Å². The minimum atomic E-state index is -3.59. The molecule has 9 heteroatoms. The fourth-order valence-electron chi connectivity index (χ4n) is 2.86. The van der Waals surface area contributed by atoms with Crippen LogP contribution in [0.15, 0.2) is 72.6 Å². The molecule has 0 bridgehead atoms. The molecule has 1 aliphatic rings. The van der Waals surface area contributed by atoms with Crippen molar-refractivity contribution in [2.75, 3.05) is 11.4 Å². The molecule has 0 fully saturated rings. The van der Waals surface area contributed by atoms with Crippen molar-refractivity contribution >= 4 is 28.0 Å². The molecule has 1 aliphatic carbocycles. The number of hydrogen-bond acceptors (Lipinski definition) is 5. The molecular formula is C20H21N5O3S. The molecule has 29 heavy (non-hydrogen) atoms. The smallest absolute Gasteiger partial charge is 0.257 e. The molecule has 8 nitrogen and oxygen atoms in total. The van der Waals surface area contributed by atoms with Crippen molar-refractivity contribution < 1.29 is 13.2 Å². The first-order chi connectivity index (χ1) is 13.8. The van der Waals surface area contributed by atoms with Crippen molar-refractivity contribution in [3.8, 4) is 0 Å². The number of aromatic nitrogens is 1. The summed E-state index contributed by atoms with van der Waals surface area (Å²) >= 11 is 0. The molecule has 2 aromatic rings. The van der Waals surface area contributed by atoms with Crippen molar-refractivity contribution in [1.29, 1.82) is 10.8 Å². The zero-order chi connectivity index (χ0) is 21.0. The highest BCUT2D eigenvalue weighted by molar-refractivity contribution is 7.93. The molecule has 3 rings (SSSR count). The van der Waals surface area contributed by atoms with Crippen LogP contribution in [0.5, 0.6) is 0 Å². The highest BCUT2D eigenvalue weighted by Crippen LogP contribution is 2.23. The van der Waals surface area contributed by atoms with Gasteiger partial charge in [-0.15, -0.1) is 0 Å². The lowest BCUT2D eigenvalue weighted by Gasteiger charge is -2.25. The molecule has 1 aromatic heterocycles. The van der Waals surface area contributed by atoms with Gasteiger partial charge in [0.25, 0.3) is 5.91 Å². The average Bonchev–Trinajstić information content (AvgIpc) is 2.74. The van der Waals surface area contributed by atoms with Crippen LogP contribution in [0.4, 0.5) is 5.69 Å². The van der Waals surface area contributed by atoms with Crippen LogP contribution in [-0.2, 0) is 10.0 Å². The second-order valence-corrected chi connectivity index (χ2v) is 8.62. The summed E-state index contributed by atoms with van der Waals surface area (Å²) < 4.78 is 28.2. The Morgan fingerprint density at radius 3 is 2.59 bits per heavy atom. The topological polar surface area (TPSA) is 119 Å². The number of hydrogen-bond donors (Lipinski definition) is 3. The van der Waals surface area contributed by atoms with Gasteiger partial charge in [0.2, 0.25) is 10.0 Å². The van der Waals surface area contributed by atoms with Gasteiger partial charge in [0.05, 0.1) is 17.6 Å². The number of rotatable bonds is 6. The highest BCUT2D eigenvalue weighted by Gasteiger charge is 2.29. The summed E-state index contributed by atoms with van der Waals surface area (Å²) in [6.07, 6.45) is 7.37. The SMILES string of the molecule is CN(c1ccccc1)S(=O)(=O)C1C=CC(NC(=O)c2ccc(=N)n(C=N)c2)=CC1. The number of benzene rings is 1. The van der Waals surface area contributed by atoms with E-state index in [0.717, 1.165) is 6.34 Å². The van der Waals surface area contributed by atoms with E-state index in [0.29, 0.717) is 11.4 Å². The van der Waals surface area contributed by atoms with Crippen LogP contribution in [0.3, 0.4) is 0 Å². The molecule has 0 spiro atoms. The molecule has 0 aliphatic heterocycles. The fraction of sp³-hybridized carbons (Fsp3) is 0.150. The summed E-state index contributed by atoms with van der Waals surface area (Å²) in [7, 11) is -2.07. The molecule has 1 amide bonds. The molecule has 1 atom stereocenters. The third-order valence-corrected chi connectivity index (χ3v) is 6.67. The number of carbonyl (C=O) groups excluding carboxylic acids is 1. The van der Waals surface area contributed by atoms with Gasteiger partial charge in [-0.3, -0.25) is 24.5 Å². The maximum Gasteiger partial charge on any atom is 0.257 e. The number of allylic oxidation sites excluding steroid dienone is 2. The second kappa shape index (κ2) is 8.27. The Morgan fingerprint density at radius 1 is 1.24 bits per heavy atom. The highest BCUT2D eigenvalue weighted by atomic mass is 32.2. The molecule has 0 saturated carbocycles. The number of carbonyl (C=O) groups is 1. The Bertz CT molecular complexity index is 1150. The van der Waals surface area contributed by atoms with Crippen LogP contribution < -0.4 is 15.1 Å². The van der Waals surface area contributed by atoms with E-state index in [9.17, 15) is 13.2 Å².